The molecule has 1 aliphatic heterocycles. The summed E-state index contributed by atoms with van der Waals surface area (Å²) < 4.78 is 16.3. The number of piperidine rings is 1. The van der Waals surface area contributed by atoms with E-state index in [1.54, 1.807) is 12.1 Å². The summed E-state index contributed by atoms with van der Waals surface area (Å²) in [6.07, 6.45) is 8.04. The molecule has 5 rings (SSSR count). The third-order valence-corrected chi connectivity index (χ3v) is 6.37. The summed E-state index contributed by atoms with van der Waals surface area (Å²) in [6.45, 7) is 1.45. The molecule has 0 bridgehead atoms. The molecule has 4 nitrogen and oxygen atoms in total. The summed E-state index contributed by atoms with van der Waals surface area (Å²) in [6, 6.07) is 15.1. The van der Waals surface area contributed by atoms with Gasteiger partial charge < -0.3 is 9.47 Å². The third-order valence-electron chi connectivity index (χ3n) is 6.37. The van der Waals surface area contributed by atoms with E-state index in [2.05, 4.69) is 10.6 Å². The molecule has 0 spiro atoms. The van der Waals surface area contributed by atoms with Crippen LogP contribution in [0.1, 0.15) is 44.6 Å². The molecule has 0 saturated carbocycles. The van der Waals surface area contributed by atoms with Crippen LogP contribution in [0.3, 0.4) is 0 Å². The number of carbonyl (C=O) groups is 1. The monoisotopic (exact) mass is 403 g/mol. The Morgan fingerprint density at radius 2 is 1.83 bits per heavy atom. The van der Waals surface area contributed by atoms with Crippen molar-refractivity contribution in [1.82, 2.24) is 14.5 Å². The molecule has 0 radical (unpaired) electrons. The molecule has 1 aliphatic carbocycles. The first-order valence-electron chi connectivity index (χ1n) is 10.9. The number of halogens is 1. The first-order valence-corrected chi connectivity index (χ1v) is 10.9. The Labute approximate surface area is 176 Å². The van der Waals surface area contributed by atoms with Crippen molar-refractivity contribution >= 4 is 16.9 Å². The summed E-state index contributed by atoms with van der Waals surface area (Å²) in [7, 11) is 0. The lowest BCUT2D eigenvalue weighted by molar-refractivity contribution is -0.128. The van der Waals surface area contributed by atoms with Gasteiger partial charge in [-0.05, 0) is 56.7 Å². The molecule has 0 atom stereocenters. The van der Waals surface area contributed by atoms with Crippen LogP contribution < -0.4 is 0 Å². The lowest BCUT2D eigenvalue weighted by Crippen LogP contribution is -2.40. The van der Waals surface area contributed by atoms with Crippen molar-refractivity contribution in [3.05, 3.63) is 66.0 Å². The summed E-state index contributed by atoms with van der Waals surface area (Å²) in [5.41, 5.74) is 3.65. The molecule has 30 heavy (non-hydrogen) atoms. The summed E-state index contributed by atoms with van der Waals surface area (Å²) in [5, 5.41) is 0. The number of benzene rings is 2. The number of hydrogen-bond donors (Lipinski definition) is 0. The number of hydrogen-bond acceptors (Lipinski definition) is 2. The van der Waals surface area contributed by atoms with Crippen LogP contribution in [0.25, 0.3) is 22.4 Å². The van der Waals surface area contributed by atoms with Gasteiger partial charge in [0, 0.05) is 30.3 Å². The number of allylic oxidation sites excluding steroid dienone is 1. The Kier molecular flexibility index (Phi) is 5.11. The fourth-order valence-electron chi connectivity index (χ4n) is 4.79. The van der Waals surface area contributed by atoms with Gasteiger partial charge in [0.15, 0.2) is 0 Å². The Balaban J connectivity index is 1.44. The molecular weight excluding hydrogens is 377 g/mol. The number of imidazole rings is 1. The molecule has 1 saturated heterocycles. The average molecular weight is 404 g/mol. The van der Waals surface area contributed by atoms with E-state index < -0.39 is 0 Å². The Morgan fingerprint density at radius 1 is 1.03 bits per heavy atom. The third kappa shape index (κ3) is 3.53. The maximum absolute atomic E-state index is 14.1. The normalized spacial score (nSPS) is 17.9. The van der Waals surface area contributed by atoms with E-state index in [4.69, 9.17) is 4.98 Å². The van der Waals surface area contributed by atoms with Gasteiger partial charge in [0.1, 0.15) is 11.6 Å². The second-order valence-electron chi connectivity index (χ2n) is 8.30. The minimum absolute atomic E-state index is 0.191. The van der Waals surface area contributed by atoms with Crippen molar-refractivity contribution in [1.29, 1.82) is 0 Å². The SMILES string of the molecule is O=C(C1=CCCCC1)N1CCC(n2c(-c3ccccc3)nc3ccc(F)cc32)CC1. The zero-order chi connectivity index (χ0) is 20.5. The Morgan fingerprint density at radius 3 is 2.57 bits per heavy atom. The van der Waals surface area contributed by atoms with E-state index >= 15 is 0 Å². The van der Waals surface area contributed by atoms with Crippen molar-refractivity contribution in [2.45, 2.75) is 44.6 Å². The van der Waals surface area contributed by atoms with Crippen LogP contribution in [0, 0.1) is 5.82 Å². The topological polar surface area (TPSA) is 38.1 Å². The lowest BCUT2D eigenvalue weighted by Gasteiger charge is -2.34. The molecule has 2 heterocycles. The zero-order valence-electron chi connectivity index (χ0n) is 17.1. The summed E-state index contributed by atoms with van der Waals surface area (Å²) in [5.74, 6) is 0.828. The number of fused-ring (bicyclic) bond motifs is 1. The Bertz CT molecular complexity index is 1090. The quantitative estimate of drug-likeness (QED) is 0.579. The van der Waals surface area contributed by atoms with E-state index in [1.807, 2.05) is 35.2 Å². The van der Waals surface area contributed by atoms with Crippen LogP contribution in [-0.2, 0) is 4.79 Å². The molecule has 1 fully saturated rings. The van der Waals surface area contributed by atoms with E-state index in [1.165, 1.54) is 12.5 Å². The largest absolute Gasteiger partial charge is 0.339 e. The lowest BCUT2D eigenvalue weighted by atomic mass is 9.97. The van der Waals surface area contributed by atoms with Crippen molar-refractivity contribution in [2.75, 3.05) is 13.1 Å². The predicted molar refractivity (Wildman–Crippen MR) is 117 cm³/mol. The fraction of sp³-hybridized carbons (Fsp3) is 0.360. The molecular formula is C25H26FN3O. The smallest absolute Gasteiger partial charge is 0.249 e. The molecule has 2 aromatic carbocycles. The molecule has 3 aromatic rings. The van der Waals surface area contributed by atoms with Crippen molar-refractivity contribution in [3.63, 3.8) is 0 Å². The second kappa shape index (κ2) is 8.05. The predicted octanol–water partition coefficient (Wildman–Crippen LogP) is 5.51. The molecule has 2 aliphatic rings. The highest BCUT2D eigenvalue weighted by Gasteiger charge is 2.28. The van der Waals surface area contributed by atoms with Gasteiger partial charge >= 0.3 is 0 Å². The molecule has 154 valence electrons. The maximum Gasteiger partial charge on any atom is 0.249 e. The number of aromatic nitrogens is 2. The highest BCUT2D eigenvalue weighted by atomic mass is 19.1. The van der Waals surface area contributed by atoms with Crippen molar-refractivity contribution in [3.8, 4) is 11.4 Å². The van der Waals surface area contributed by atoms with Gasteiger partial charge in [-0.1, -0.05) is 36.4 Å². The highest BCUT2D eigenvalue weighted by Crippen LogP contribution is 2.34. The molecule has 0 N–H and O–H groups in total. The summed E-state index contributed by atoms with van der Waals surface area (Å²) in [4.78, 5) is 19.7. The van der Waals surface area contributed by atoms with E-state index in [0.29, 0.717) is 0 Å². The van der Waals surface area contributed by atoms with Gasteiger partial charge in [-0.3, -0.25) is 4.79 Å². The number of amides is 1. The van der Waals surface area contributed by atoms with Crippen molar-refractivity contribution in [2.24, 2.45) is 0 Å². The Hall–Kier alpha value is -2.95. The summed E-state index contributed by atoms with van der Waals surface area (Å²) >= 11 is 0. The van der Waals surface area contributed by atoms with Gasteiger partial charge in [0.2, 0.25) is 5.91 Å². The van der Waals surface area contributed by atoms with Crippen LogP contribution in [0.15, 0.2) is 60.2 Å². The van der Waals surface area contributed by atoms with Crippen LogP contribution in [0.4, 0.5) is 4.39 Å². The maximum atomic E-state index is 14.1. The zero-order valence-corrected chi connectivity index (χ0v) is 17.1. The number of rotatable bonds is 3. The van der Waals surface area contributed by atoms with Gasteiger partial charge in [-0.2, -0.15) is 0 Å². The first-order chi connectivity index (χ1) is 14.7. The van der Waals surface area contributed by atoms with E-state index in [0.717, 1.165) is 73.2 Å². The number of likely N-dealkylation sites (tertiary alicyclic amines) is 1. The minimum atomic E-state index is -0.250. The molecule has 5 heteroatoms. The number of carbonyl (C=O) groups excluding carboxylic acids is 1. The molecule has 1 amide bonds. The number of nitrogens with zero attached hydrogens (tertiary/aromatic N) is 3. The minimum Gasteiger partial charge on any atom is -0.339 e. The standard InChI is InChI=1S/C25H26FN3O/c26-20-11-12-22-23(17-20)29(24(27-22)18-7-3-1-4-8-18)21-13-15-28(16-14-21)25(30)19-9-5-2-6-10-19/h1,3-4,7-9,11-12,17,21H,2,5-6,10,13-16H2. The van der Waals surface area contributed by atoms with Crippen LogP contribution >= 0.6 is 0 Å². The van der Waals surface area contributed by atoms with Crippen LogP contribution in [0.5, 0.6) is 0 Å². The fourth-order valence-corrected chi connectivity index (χ4v) is 4.79. The second-order valence-corrected chi connectivity index (χ2v) is 8.30. The van der Waals surface area contributed by atoms with Gasteiger partial charge in [-0.15, -0.1) is 0 Å². The molecule has 0 unspecified atom stereocenters. The van der Waals surface area contributed by atoms with Crippen LogP contribution in [-0.4, -0.2) is 33.4 Å². The van der Waals surface area contributed by atoms with Crippen LogP contribution in [0.2, 0.25) is 0 Å². The highest BCUT2D eigenvalue weighted by molar-refractivity contribution is 5.93. The molecule has 1 aromatic heterocycles. The average Bonchev–Trinajstić information content (AvgIpc) is 3.18. The van der Waals surface area contributed by atoms with E-state index in [9.17, 15) is 9.18 Å². The first kappa shape index (κ1) is 19.0. The van der Waals surface area contributed by atoms with Gasteiger partial charge in [0.25, 0.3) is 0 Å². The van der Waals surface area contributed by atoms with Gasteiger partial charge in [0.05, 0.1) is 11.0 Å². The van der Waals surface area contributed by atoms with E-state index in [-0.39, 0.29) is 17.8 Å². The van der Waals surface area contributed by atoms with Gasteiger partial charge in [-0.25, -0.2) is 9.37 Å². The van der Waals surface area contributed by atoms with Crippen molar-refractivity contribution < 1.29 is 9.18 Å².